The van der Waals surface area contributed by atoms with Gasteiger partial charge >= 0.3 is 0 Å². The molecule has 102 valence electrons. The van der Waals surface area contributed by atoms with Crippen molar-refractivity contribution in [1.29, 1.82) is 0 Å². The maximum Gasteiger partial charge on any atom is 0.246 e. The summed E-state index contributed by atoms with van der Waals surface area (Å²) in [5.74, 6) is 0.178. The van der Waals surface area contributed by atoms with Gasteiger partial charge < -0.3 is 10.0 Å². The second-order valence-electron chi connectivity index (χ2n) is 5.75. The van der Waals surface area contributed by atoms with Crippen LogP contribution in [0, 0.1) is 5.41 Å². The molecule has 0 radical (unpaired) electrons. The van der Waals surface area contributed by atoms with Crippen LogP contribution in [0.1, 0.15) is 38.3 Å². The highest BCUT2D eigenvalue weighted by atomic mass is 16.3. The first-order chi connectivity index (χ1) is 8.95. The van der Waals surface area contributed by atoms with Crippen molar-refractivity contribution in [1.82, 2.24) is 4.90 Å². The molecule has 1 fully saturated rings. The van der Waals surface area contributed by atoms with Gasteiger partial charge in [0.25, 0.3) is 0 Å². The van der Waals surface area contributed by atoms with Crippen molar-refractivity contribution in [3.05, 3.63) is 42.5 Å². The summed E-state index contributed by atoms with van der Waals surface area (Å²) in [4.78, 5) is 13.9. The minimum atomic E-state index is -0.0602. The summed E-state index contributed by atoms with van der Waals surface area (Å²) in [6.45, 7) is 8.52. The van der Waals surface area contributed by atoms with Crippen LogP contribution < -0.4 is 0 Å². The van der Waals surface area contributed by atoms with Gasteiger partial charge in [0.1, 0.15) is 5.75 Å². The Balaban J connectivity index is 2.21. The fourth-order valence-corrected chi connectivity index (χ4v) is 2.27. The molecule has 1 amide bonds. The summed E-state index contributed by atoms with van der Waals surface area (Å²) in [7, 11) is 0. The monoisotopic (exact) mass is 259 g/mol. The fourth-order valence-electron chi connectivity index (χ4n) is 2.27. The van der Waals surface area contributed by atoms with Crippen LogP contribution in [-0.4, -0.2) is 22.5 Å². The minimum absolute atomic E-state index is 0.0519. The average Bonchev–Trinajstić information content (AvgIpc) is 3.12. The van der Waals surface area contributed by atoms with E-state index >= 15 is 0 Å². The van der Waals surface area contributed by atoms with Crippen LogP contribution >= 0.6 is 0 Å². The first kappa shape index (κ1) is 13.7. The van der Waals surface area contributed by atoms with Gasteiger partial charge in [-0.3, -0.25) is 4.79 Å². The summed E-state index contributed by atoms with van der Waals surface area (Å²) < 4.78 is 0. The highest BCUT2D eigenvalue weighted by molar-refractivity contribution is 5.87. The molecule has 1 saturated carbocycles. The molecule has 0 aromatic heterocycles. The Kier molecular flexibility index (Phi) is 3.65. The summed E-state index contributed by atoms with van der Waals surface area (Å²) in [6, 6.07) is 7.02. The van der Waals surface area contributed by atoms with Gasteiger partial charge in [-0.2, -0.15) is 0 Å². The lowest BCUT2D eigenvalue weighted by atomic mass is 10.0. The number of benzene rings is 1. The molecular weight excluding hydrogens is 238 g/mol. The molecule has 19 heavy (non-hydrogen) atoms. The van der Waals surface area contributed by atoms with Crippen molar-refractivity contribution < 1.29 is 9.90 Å². The van der Waals surface area contributed by atoms with Crippen molar-refractivity contribution in [3.8, 4) is 5.75 Å². The van der Waals surface area contributed by atoms with E-state index in [4.69, 9.17) is 0 Å². The molecule has 0 saturated heterocycles. The Labute approximate surface area is 114 Å². The van der Waals surface area contributed by atoms with E-state index in [0.717, 1.165) is 12.1 Å². The van der Waals surface area contributed by atoms with Crippen LogP contribution in [0.3, 0.4) is 0 Å². The zero-order valence-corrected chi connectivity index (χ0v) is 11.6. The first-order valence-corrected chi connectivity index (χ1v) is 6.67. The molecule has 1 aliphatic carbocycles. The van der Waals surface area contributed by atoms with Crippen LogP contribution in [0.15, 0.2) is 36.9 Å². The molecule has 1 aliphatic rings. The van der Waals surface area contributed by atoms with Crippen LogP contribution in [0.2, 0.25) is 0 Å². The predicted octanol–water partition coefficient (Wildman–Crippen LogP) is 3.27. The normalized spacial score (nSPS) is 17.6. The number of hydrogen-bond acceptors (Lipinski definition) is 2. The molecule has 0 heterocycles. The summed E-state index contributed by atoms with van der Waals surface area (Å²) in [5.41, 5.74) is 1.20. The third kappa shape index (κ3) is 3.16. The molecule has 0 bridgehead atoms. The predicted molar refractivity (Wildman–Crippen MR) is 75.8 cm³/mol. The van der Waals surface area contributed by atoms with E-state index in [9.17, 15) is 9.90 Å². The Morgan fingerprint density at radius 1 is 1.58 bits per heavy atom. The smallest absolute Gasteiger partial charge is 0.246 e. The lowest BCUT2D eigenvalue weighted by molar-refractivity contribution is -0.129. The maximum absolute atomic E-state index is 12.1. The van der Waals surface area contributed by atoms with E-state index in [1.807, 2.05) is 17.9 Å². The summed E-state index contributed by atoms with van der Waals surface area (Å²) >= 11 is 0. The van der Waals surface area contributed by atoms with E-state index in [1.165, 1.54) is 18.9 Å². The van der Waals surface area contributed by atoms with Gasteiger partial charge in [0.05, 0.1) is 6.04 Å². The van der Waals surface area contributed by atoms with E-state index < -0.39 is 0 Å². The van der Waals surface area contributed by atoms with Gasteiger partial charge in [-0.15, -0.1) is 0 Å². The molecular formula is C16H21NO2. The topological polar surface area (TPSA) is 40.5 Å². The van der Waals surface area contributed by atoms with Gasteiger partial charge in [-0.25, -0.2) is 0 Å². The van der Waals surface area contributed by atoms with Gasteiger partial charge in [0, 0.05) is 6.54 Å². The molecule has 1 atom stereocenters. The SMILES string of the molecule is C=CC(=O)N(CC1(C)CC1)C(C)c1cccc(O)c1. The molecule has 3 nitrogen and oxygen atoms in total. The highest BCUT2D eigenvalue weighted by Crippen LogP contribution is 2.46. The van der Waals surface area contributed by atoms with Crippen LogP contribution in [0.25, 0.3) is 0 Å². The van der Waals surface area contributed by atoms with E-state index in [2.05, 4.69) is 13.5 Å². The lowest BCUT2D eigenvalue weighted by Crippen LogP contribution is -2.36. The summed E-state index contributed by atoms with van der Waals surface area (Å²) in [5, 5.41) is 9.56. The number of phenolic OH excluding ortho intramolecular Hbond substituents is 1. The Hall–Kier alpha value is -1.77. The van der Waals surface area contributed by atoms with Crippen molar-refractivity contribution >= 4 is 5.91 Å². The van der Waals surface area contributed by atoms with E-state index in [0.29, 0.717) is 0 Å². The molecule has 1 aromatic carbocycles. The number of carbonyl (C=O) groups is 1. The molecule has 3 heteroatoms. The molecule has 1 unspecified atom stereocenters. The van der Waals surface area contributed by atoms with Gasteiger partial charge in [0.15, 0.2) is 0 Å². The Morgan fingerprint density at radius 2 is 2.26 bits per heavy atom. The number of hydrogen-bond donors (Lipinski definition) is 1. The molecule has 1 aromatic rings. The molecule has 2 rings (SSSR count). The fraction of sp³-hybridized carbons (Fsp3) is 0.438. The number of nitrogens with zero attached hydrogens (tertiary/aromatic N) is 1. The Morgan fingerprint density at radius 3 is 2.79 bits per heavy atom. The van der Waals surface area contributed by atoms with Crippen molar-refractivity contribution in [2.75, 3.05) is 6.54 Å². The van der Waals surface area contributed by atoms with Crippen LogP contribution in [0.5, 0.6) is 5.75 Å². The van der Waals surface area contributed by atoms with Gasteiger partial charge in [-0.05, 0) is 49.0 Å². The van der Waals surface area contributed by atoms with Crippen molar-refractivity contribution in [2.24, 2.45) is 5.41 Å². The van der Waals surface area contributed by atoms with Gasteiger partial charge in [0.2, 0.25) is 5.91 Å². The minimum Gasteiger partial charge on any atom is -0.508 e. The second kappa shape index (κ2) is 5.08. The van der Waals surface area contributed by atoms with E-state index in [1.54, 1.807) is 18.2 Å². The Bertz CT molecular complexity index is 491. The molecule has 0 spiro atoms. The van der Waals surface area contributed by atoms with Crippen molar-refractivity contribution in [3.63, 3.8) is 0 Å². The standard InChI is InChI=1S/C16H21NO2/c1-4-15(19)17(11-16(3)8-9-16)12(2)13-6-5-7-14(18)10-13/h4-7,10,12,18H,1,8-9,11H2,2-3H3. The number of phenols is 1. The third-order valence-electron chi connectivity index (χ3n) is 3.93. The molecule has 0 aliphatic heterocycles. The number of rotatable bonds is 5. The number of aromatic hydroxyl groups is 1. The lowest BCUT2D eigenvalue weighted by Gasteiger charge is -2.31. The number of carbonyl (C=O) groups excluding carboxylic acids is 1. The third-order valence-corrected chi connectivity index (χ3v) is 3.93. The first-order valence-electron chi connectivity index (χ1n) is 6.67. The van der Waals surface area contributed by atoms with Crippen LogP contribution in [-0.2, 0) is 4.79 Å². The van der Waals surface area contributed by atoms with Crippen molar-refractivity contribution in [2.45, 2.75) is 32.7 Å². The van der Waals surface area contributed by atoms with Crippen LogP contribution in [0.4, 0.5) is 0 Å². The summed E-state index contributed by atoms with van der Waals surface area (Å²) in [6.07, 6.45) is 3.70. The maximum atomic E-state index is 12.1. The number of amides is 1. The van der Waals surface area contributed by atoms with E-state index in [-0.39, 0.29) is 23.1 Å². The zero-order valence-electron chi connectivity index (χ0n) is 11.6. The quantitative estimate of drug-likeness (QED) is 0.824. The largest absolute Gasteiger partial charge is 0.508 e. The zero-order chi connectivity index (χ0) is 14.0. The highest BCUT2D eigenvalue weighted by Gasteiger charge is 2.40. The van der Waals surface area contributed by atoms with Gasteiger partial charge in [-0.1, -0.05) is 25.6 Å². The second-order valence-corrected chi connectivity index (χ2v) is 5.75. The molecule has 1 N–H and O–H groups in total. The average molecular weight is 259 g/mol.